The van der Waals surface area contributed by atoms with Crippen molar-refractivity contribution in [3.8, 4) is 11.5 Å². The molecule has 0 spiro atoms. The Hall–Kier alpha value is -2.82. The minimum absolute atomic E-state index is 0.361. The number of hydrogen-bond donors (Lipinski definition) is 0. The molecule has 0 atom stereocenters. The molecule has 0 heterocycles. The number of carbonyl (C=O) groups excluding carboxylic acids is 2. The normalized spacial score (nSPS) is 10.2. The maximum Gasteiger partial charge on any atom is 0.343 e. The van der Waals surface area contributed by atoms with Gasteiger partial charge in [0.15, 0.2) is 0 Å². The molecule has 0 aromatic heterocycles. The average Bonchev–Trinajstić information content (AvgIpc) is 2.67. The van der Waals surface area contributed by atoms with E-state index in [1.165, 1.54) is 0 Å². The number of rotatable bonds is 9. The lowest BCUT2D eigenvalue weighted by Gasteiger charge is -2.08. The van der Waals surface area contributed by atoms with Crippen LogP contribution >= 0.6 is 0 Å². The van der Waals surface area contributed by atoms with Crippen LogP contribution in [0.3, 0.4) is 0 Å². The fourth-order valence-electron chi connectivity index (χ4n) is 2.15. The summed E-state index contributed by atoms with van der Waals surface area (Å²) in [5, 5.41) is 0. The van der Waals surface area contributed by atoms with Crippen LogP contribution in [-0.2, 0) is 4.74 Å². The number of unbranched alkanes of at least 4 members (excludes halogenated alkanes) is 1. The molecule has 138 valence electrons. The minimum Gasteiger partial charge on any atom is -0.494 e. The number of benzene rings is 2. The Labute approximate surface area is 153 Å². The van der Waals surface area contributed by atoms with Gasteiger partial charge in [-0.2, -0.15) is 0 Å². The molecule has 5 heteroatoms. The number of esters is 2. The topological polar surface area (TPSA) is 61.8 Å². The predicted octanol–water partition coefficient (Wildman–Crippen LogP) is 4.65. The third kappa shape index (κ3) is 5.92. The quantitative estimate of drug-likeness (QED) is 0.372. The first-order valence-corrected chi connectivity index (χ1v) is 8.86. The second kappa shape index (κ2) is 10.2. The van der Waals surface area contributed by atoms with Crippen LogP contribution in [0.15, 0.2) is 48.5 Å². The van der Waals surface area contributed by atoms with Crippen molar-refractivity contribution in [2.45, 2.75) is 33.1 Å². The highest BCUT2D eigenvalue weighted by Gasteiger charge is 2.11. The number of carbonyl (C=O) groups is 2. The Morgan fingerprint density at radius 3 is 2.27 bits per heavy atom. The third-order valence-corrected chi connectivity index (χ3v) is 3.57. The smallest absolute Gasteiger partial charge is 0.343 e. The zero-order chi connectivity index (χ0) is 18.8. The zero-order valence-electron chi connectivity index (χ0n) is 15.2. The first-order chi connectivity index (χ1) is 12.6. The summed E-state index contributed by atoms with van der Waals surface area (Å²) in [5.74, 6) is 0.134. The lowest BCUT2D eigenvalue weighted by Crippen LogP contribution is -2.09. The molecule has 0 aliphatic heterocycles. The van der Waals surface area contributed by atoms with Crippen molar-refractivity contribution in [1.82, 2.24) is 0 Å². The lowest BCUT2D eigenvalue weighted by molar-refractivity contribution is 0.0505. The molecule has 5 nitrogen and oxygen atoms in total. The van der Waals surface area contributed by atoms with Crippen molar-refractivity contribution < 1.29 is 23.8 Å². The Morgan fingerprint density at radius 2 is 1.58 bits per heavy atom. The van der Waals surface area contributed by atoms with Crippen LogP contribution in [0.4, 0.5) is 0 Å². The summed E-state index contributed by atoms with van der Waals surface area (Å²) in [6.07, 6.45) is 2.77. The largest absolute Gasteiger partial charge is 0.494 e. The maximum absolute atomic E-state index is 12.3. The van der Waals surface area contributed by atoms with Gasteiger partial charge in [-0.1, -0.05) is 26.3 Å². The van der Waals surface area contributed by atoms with E-state index in [2.05, 4.69) is 6.92 Å². The van der Waals surface area contributed by atoms with Gasteiger partial charge >= 0.3 is 11.9 Å². The molecule has 0 aliphatic rings. The van der Waals surface area contributed by atoms with Crippen LogP contribution in [0.2, 0.25) is 0 Å². The molecule has 0 amide bonds. The van der Waals surface area contributed by atoms with E-state index in [1.54, 1.807) is 42.5 Å². The first-order valence-electron chi connectivity index (χ1n) is 8.86. The highest BCUT2D eigenvalue weighted by Crippen LogP contribution is 2.18. The molecular formula is C21H24O5. The molecule has 0 N–H and O–H groups in total. The van der Waals surface area contributed by atoms with E-state index in [0.717, 1.165) is 19.3 Å². The van der Waals surface area contributed by atoms with Crippen molar-refractivity contribution in [3.63, 3.8) is 0 Å². The average molecular weight is 356 g/mol. The summed E-state index contributed by atoms with van der Waals surface area (Å²) >= 11 is 0. The highest BCUT2D eigenvalue weighted by atomic mass is 16.5. The summed E-state index contributed by atoms with van der Waals surface area (Å²) in [4.78, 5) is 24.0. The van der Waals surface area contributed by atoms with E-state index >= 15 is 0 Å². The van der Waals surface area contributed by atoms with E-state index in [-0.39, 0.29) is 5.97 Å². The van der Waals surface area contributed by atoms with Gasteiger partial charge < -0.3 is 14.2 Å². The molecular weight excluding hydrogens is 332 g/mol. The Balaban J connectivity index is 1.96. The maximum atomic E-state index is 12.3. The molecule has 0 saturated carbocycles. The van der Waals surface area contributed by atoms with E-state index in [1.807, 2.05) is 13.0 Å². The molecule has 26 heavy (non-hydrogen) atoms. The molecule has 2 rings (SSSR count). The molecule has 0 unspecified atom stereocenters. The highest BCUT2D eigenvalue weighted by molar-refractivity contribution is 5.92. The molecule has 2 aromatic carbocycles. The Bertz CT molecular complexity index is 721. The summed E-state index contributed by atoms with van der Waals surface area (Å²) in [7, 11) is 0. The van der Waals surface area contributed by atoms with Gasteiger partial charge in [-0.05, 0) is 55.3 Å². The van der Waals surface area contributed by atoms with Crippen molar-refractivity contribution >= 4 is 11.9 Å². The lowest BCUT2D eigenvalue weighted by atomic mass is 10.2. The molecule has 0 radical (unpaired) electrons. The summed E-state index contributed by atoms with van der Waals surface area (Å²) in [6, 6.07) is 13.2. The van der Waals surface area contributed by atoms with Gasteiger partial charge in [-0.15, -0.1) is 0 Å². The van der Waals surface area contributed by atoms with Gasteiger partial charge in [0.2, 0.25) is 0 Å². The van der Waals surface area contributed by atoms with Crippen molar-refractivity contribution in [2.75, 3.05) is 13.2 Å². The van der Waals surface area contributed by atoms with Crippen LogP contribution in [0.25, 0.3) is 0 Å². The van der Waals surface area contributed by atoms with Gasteiger partial charge in [-0.3, -0.25) is 0 Å². The van der Waals surface area contributed by atoms with E-state index in [0.29, 0.717) is 35.8 Å². The zero-order valence-corrected chi connectivity index (χ0v) is 15.2. The van der Waals surface area contributed by atoms with Crippen molar-refractivity contribution in [2.24, 2.45) is 0 Å². The van der Waals surface area contributed by atoms with Crippen LogP contribution in [0.1, 0.15) is 53.8 Å². The van der Waals surface area contributed by atoms with Crippen molar-refractivity contribution in [3.05, 3.63) is 59.7 Å². The van der Waals surface area contributed by atoms with Crippen LogP contribution in [0.5, 0.6) is 11.5 Å². The fourth-order valence-corrected chi connectivity index (χ4v) is 2.15. The Morgan fingerprint density at radius 1 is 0.808 bits per heavy atom. The SMILES string of the molecule is CCCCOc1cccc(C(=O)Oc2ccc(C(=O)OCCC)cc2)c1. The Kier molecular flexibility index (Phi) is 7.68. The van der Waals surface area contributed by atoms with Crippen molar-refractivity contribution in [1.29, 1.82) is 0 Å². The summed E-state index contributed by atoms with van der Waals surface area (Å²) in [5.41, 5.74) is 0.829. The van der Waals surface area contributed by atoms with Crippen LogP contribution in [-0.4, -0.2) is 25.2 Å². The standard InChI is InChI=1S/C21H24O5/c1-3-5-14-24-19-8-6-7-17(15-19)21(23)26-18-11-9-16(10-12-18)20(22)25-13-4-2/h6-12,15H,3-5,13-14H2,1-2H3. The third-order valence-electron chi connectivity index (χ3n) is 3.57. The predicted molar refractivity (Wildman–Crippen MR) is 98.8 cm³/mol. The van der Waals surface area contributed by atoms with Gasteiger partial charge in [0.1, 0.15) is 11.5 Å². The van der Waals surface area contributed by atoms with E-state index in [9.17, 15) is 9.59 Å². The van der Waals surface area contributed by atoms with Crippen LogP contribution < -0.4 is 9.47 Å². The minimum atomic E-state index is -0.479. The second-order valence-electron chi connectivity index (χ2n) is 5.78. The molecule has 2 aromatic rings. The number of hydrogen-bond acceptors (Lipinski definition) is 5. The second-order valence-corrected chi connectivity index (χ2v) is 5.78. The van der Waals surface area contributed by atoms with Crippen LogP contribution in [0, 0.1) is 0 Å². The first kappa shape index (κ1) is 19.5. The monoisotopic (exact) mass is 356 g/mol. The van der Waals surface area contributed by atoms with Gasteiger partial charge in [-0.25, -0.2) is 9.59 Å². The van der Waals surface area contributed by atoms with E-state index in [4.69, 9.17) is 14.2 Å². The fraction of sp³-hybridized carbons (Fsp3) is 0.333. The van der Waals surface area contributed by atoms with Gasteiger partial charge in [0.05, 0.1) is 24.3 Å². The molecule has 0 fully saturated rings. The van der Waals surface area contributed by atoms with Gasteiger partial charge in [0.25, 0.3) is 0 Å². The molecule has 0 bridgehead atoms. The van der Waals surface area contributed by atoms with Gasteiger partial charge in [0, 0.05) is 0 Å². The van der Waals surface area contributed by atoms with E-state index < -0.39 is 5.97 Å². The molecule has 0 saturated heterocycles. The molecule has 0 aliphatic carbocycles. The number of ether oxygens (including phenoxy) is 3. The summed E-state index contributed by atoms with van der Waals surface area (Å²) in [6.45, 7) is 5.02. The summed E-state index contributed by atoms with van der Waals surface area (Å²) < 4.78 is 16.0.